The molecule has 0 spiro atoms. The molecule has 0 saturated carbocycles. The molecule has 2 aromatic carbocycles. The highest BCUT2D eigenvalue weighted by Gasteiger charge is 2.21. The molecular formula is C20H22N2O3S. The minimum atomic E-state index is -0.0316. The molecule has 0 aromatic heterocycles. The molecule has 0 atom stereocenters. The molecule has 1 saturated heterocycles. The van der Waals surface area contributed by atoms with Crippen molar-refractivity contribution in [3.63, 3.8) is 0 Å². The molecule has 6 heteroatoms. The molecule has 5 nitrogen and oxygen atoms in total. The molecule has 0 bridgehead atoms. The van der Waals surface area contributed by atoms with Crippen LogP contribution in [0.2, 0.25) is 0 Å². The van der Waals surface area contributed by atoms with Gasteiger partial charge in [-0.3, -0.25) is 9.59 Å². The zero-order valence-electron chi connectivity index (χ0n) is 14.7. The largest absolute Gasteiger partial charge is 0.497 e. The Bertz CT molecular complexity index is 777. The molecule has 3 rings (SSSR count). The Hall–Kier alpha value is -2.47. The van der Waals surface area contributed by atoms with E-state index in [1.54, 1.807) is 23.8 Å². The number of hydrogen-bond acceptors (Lipinski definition) is 4. The van der Waals surface area contributed by atoms with Crippen LogP contribution in [0.15, 0.2) is 53.4 Å². The van der Waals surface area contributed by atoms with Crippen molar-refractivity contribution in [2.24, 2.45) is 0 Å². The Morgan fingerprint density at radius 1 is 1.23 bits per heavy atom. The lowest BCUT2D eigenvalue weighted by atomic mass is 10.2. The number of anilines is 2. The van der Waals surface area contributed by atoms with Crippen molar-refractivity contribution in [2.45, 2.75) is 24.2 Å². The zero-order chi connectivity index (χ0) is 18.4. The van der Waals surface area contributed by atoms with E-state index in [0.29, 0.717) is 18.6 Å². The molecular weight excluding hydrogens is 348 g/mol. The summed E-state index contributed by atoms with van der Waals surface area (Å²) in [5.74, 6) is 1.63. The van der Waals surface area contributed by atoms with Crippen LogP contribution in [0.1, 0.15) is 19.3 Å². The summed E-state index contributed by atoms with van der Waals surface area (Å²) in [6, 6.07) is 15.3. The molecule has 2 amide bonds. The van der Waals surface area contributed by atoms with E-state index in [1.807, 2.05) is 48.5 Å². The van der Waals surface area contributed by atoms with Crippen molar-refractivity contribution in [3.8, 4) is 5.75 Å². The average molecular weight is 370 g/mol. The summed E-state index contributed by atoms with van der Waals surface area (Å²) in [6.07, 6.45) is 1.90. The maximum absolute atomic E-state index is 12.2. The Morgan fingerprint density at radius 2 is 2.04 bits per heavy atom. The van der Waals surface area contributed by atoms with Crippen molar-refractivity contribution >= 4 is 35.0 Å². The second-order valence-electron chi connectivity index (χ2n) is 6.02. The molecule has 1 heterocycles. The third-order valence-corrected chi connectivity index (χ3v) is 5.19. The van der Waals surface area contributed by atoms with Crippen molar-refractivity contribution in [3.05, 3.63) is 48.5 Å². The van der Waals surface area contributed by atoms with Gasteiger partial charge in [0.15, 0.2) is 0 Å². The van der Waals surface area contributed by atoms with Gasteiger partial charge in [0.1, 0.15) is 5.75 Å². The number of amides is 2. The van der Waals surface area contributed by atoms with Gasteiger partial charge in [0.05, 0.1) is 7.11 Å². The van der Waals surface area contributed by atoms with E-state index >= 15 is 0 Å². The molecule has 0 unspecified atom stereocenters. The van der Waals surface area contributed by atoms with Gasteiger partial charge in [-0.2, -0.15) is 0 Å². The maximum atomic E-state index is 12.2. The minimum absolute atomic E-state index is 0.0316. The highest BCUT2D eigenvalue weighted by Crippen LogP contribution is 2.25. The van der Waals surface area contributed by atoms with Gasteiger partial charge in [0, 0.05) is 41.4 Å². The quantitative estimate of drug-likeness (QED) is 0.750. The third-order valence-electron chi connectivity index (χ3n) is 4.17. The molecule has 0 radical (unpaired) electrons. The van der Waals surface area contributed by atoms with Gasteiger partial charge in [0.2, 0.25) is 11.8 Å². The first-order valence-corrected chi connectivity index (χ1v) is 9.61. The van der Waals surface area contributed by atoms with Gasteiger partial charge < -0.3 is 15.0 Å². The molecule has 2 aromatic rings. The number of hydrogen-bond donors (Lipinski definition) is 1. The van der Waals surface area contributed by atoms with Crippen LogP contribution >= 0.6 is 11.8 Å². The van der Waals surface area contributed by atoms with Crippen LogP contribution in [-0.4, -0.2) is 31.2 Å². The average Bonchev–Trinajstić information content (AvgIpc) is 3.08. The normalized spacial score (nSPS) is 13.7. The molecule has 1 fully saturated rings. The fraction of sp³-hybridized carbons (Fsp3) is 0.300. The number of methoxy groups -OCH3 is 1. The number of rotatable bonds is 7. The topological polar surface area (TPSA) is 58.6 Å². The molecule has 1 N–H and O–H groups in total. The SMILES string of the molecule is COc1ccc(SCCC(=O)Nc2cccc(N3CCCC3=O)c2)cc1. The van der Waals surface area contributed by atoms with Crippen LogP contribution in [0.3, 0.4) is 0 Å². The van der Waals surface area contributed by atoms with Gasteiger partial charge in [-0.25, -0.2) is 0 Å². The molecule has 136 valence electrons. The van der Waals surface area contributed by atoms with Crippen LogP contribution in [0.25, 0.3) is 0 Å². The number of nitrogens with one attached hydrogen (secondary N) is 1. The summed E-state index contributed by atoms with van der Waals surface area (Å²) < 4.78 is 5.13. The fourth-order valence-corrected chi connectivity index (χ4v) is 3.68. The highest BCUT2D eigenvalue weighted by molar-refractivity contribution is 7.99. The van der Waals surface area contributed by atoms with Crippen molar-refractivity contribution in [2.75, 3.05) is 29.6 Å². The number of benzene rings is 2. The first kappa shape index (κ1) is 18.3. The third kappa shape index (κ3) is 4.79. The van der Waals surface area contributed by atoms with E-state index in [4.69, 9.17) is 4.74 Å². The predicted octanol–water partition coefficient (Wildman–Crippen LogP) is 3.94. The van der Waals surface area contributed by atoms with Gasteiger partial charge in [-0.1, -0.05) is 6.07 Å². The monoisotopic (exact) mass is 370 g/mol. The van der Waals surface area contributed by atoms with Gasteiger partial charge in [-0.05, 0) is 48.9 Å². The summed E-state index contributed by atoms with van der Waals surface area (Å²) in [4.78, 5) is 26.9. The lowest BCUT2D eigenvalue weighted by molar-refractivity contribution is -0.117. The predicted molar refractivity (Wildman–Crippen MR) is 105 cm³/mol. The van der Waals surface area contributed by atoms with Crippen LogP contribution in [-0.2, 0) is 9.59 Å². The fourth-order valence-electron chi connectivity index (χ4n) is 2.83. The highest BCUT2D eigenvalue weighted by atomic mass is 32.2. The van der Waals surface area contributed by atoms with E-state index in [0.717, 1.165) is 35.0 Å². The zero-order valence-corrected chi connectivity index (χ0v) is 15.6. The molecule has 0 aliphatic carbocycles. The number of carbonyl (C=O) groups excluding carboxylic acids is 2. The number of thioether (sulfide) groups is 1. The van der Waals surface area contributed by atoms with Crippen LogP contribution in [0, 0.1) is 0 Å². The second kappa shape index (κ2) is 8.76. The Labute approximate surface area is 157 Å². The van der Waals surface area contributed by atoms with Crippen molar-refractivity contribution in [1.82, 2.24) is 0 Å². The van der Waals surface area contributed by atoms with Crippen LogP contribution in [0.5, 0.6) is 5.75 Å². The number of carbonyl (C=O) groups is 2. The van der Waals surface area contributed by atoms with E-state index in [-0.39, 0.29) is 11.8 Å². The van der Waals surface area contributed by atoms with E-state index in [2.05, 4.69) is 5.32 Å². The Balaban J connectivity index is 1.49. The second-order valence-corrected chi connectivity index (χ2v) is 7.19. The number of nitrogens with zero attached hydrogens (tertiary/aromatic N) is 1. The summed E-state index contributed by atoms with van der Waals surface area (Å²) in [6.45, 7) is 0.745. The standard InChI is InChI=1S/C20H22N2O3S/c1-25-17-7-9-18(10-8-17)26-13-11-19(23)21-15-4-2-5-16(14-15)22-12-3-6-20(22)24/h2,4-5,7-10,14H,3,6,11-13H2,1H3,(H,21,23). The van der Waals surface area contributed by atoms with Crippen LogP contribution in [0.4, 0.5) is 11.4 Å². The summed E-state index contributed by atoms with van der Waals surface area (Å²) >= 11 is 1.63. The molecule has 1 aliphatic rings. The molecule has 26 heavy (non-hydrogen) atoms. The minimum Gasteiger partial charge on any atom is -0.497 e. The Morgan fingerprint density at radius 3 is 2.73 bits per heavy atom. The van der Waals surface area contributed by atoms with Crippen molar-refractivity contribution < 1.29 is 14.3 Å². The lowest BCUT2D eigenvalue weighted by Gasteiger charge is -2.16. The Kier molecular flexibility index (Phi) is 6.17. The van der Waals surface area contributed by atoms with Gasteiger partial charge >= 0.3 is 0 Å². The summed E-state index contributed by atoms with van der Waals surface area (Å²) in [5.41, 5.74) is 1.57. The summed E-state index contributed by atoms with van der Waals surface area (Å²) in [5, 5.41) is 2.91. The van der Waals surface area contributed by atoms with Crippen molar-refractivity contribution in [1.29, 1.82) is 0 Å². The van der Waals surface area contributed by atoms with E-state index in [9.17, 15) is 9.59 Å². The first-order valence-electron chi connectivity index (χ1n) is 8.63. The van der Waals surface area contributed by atoms with E-state index in [1.165, 1.54) is 0 Å². The smallest absolute Gasteiger partial charge is 0.227 e. The van der Waals surface area contributed by atoms with E-state index < -0.39 is 0 Å². The van der Waals surface area contributed by atoms with Gasteiger partial charge in [-0.15, -0.1) is 11.8 Å². The van der Waals surface area contributed by atoms with Gasteiger partial charge in [0.25, 0.3) is 0 Å². The lowest BCUT2D eigenvalue weighted by Crippen LogP contribution is -2.23. The summed E-state index contributed by atoms with van der Waals surface area (Å²) in [7, 11) is 1.64. The molecule has 1 aliphatic heterocycles. The maximum Gasteiger partial charge on any atom is 0.227 e. The van der Waals surface area contributed by atoms with Crippen LogP contribution < -0.4 is 15.0 Å². The number of ether oxygens (including phenoxy) is 1. The first-order chi connectivity index (χ1) is 12.7.